The van der Waals surface area contributed by atoms with Crippen molar-refractivity contribution in [2.24, 2.45) is 23.1 Å². The molecule has 3 aromatic rings. The summed E-state index contributed by atoms with van der Waals surface area (Å²) in [6.45, 7) is 3.00. The van der Waals surface area contributed by atoms with Gasteiger partial charge in [-0.2, -0.15) is 24.4 Å². The maximum atomic E-state index is 14.6. The van der Waals surface area contributed by atoms with Gasteiger partial charge < -0.3 is 116 Å². The topological polar surface area (TPSA) is 660 Å². The van der Waals surface area contributed by atoms with Crippen LogP contribution in [0.2, 0.25) is 0 Å². The fourth-order valence-corrected chi connectivity index (χ4v) is 14.6. The normalized spacial score (nSPS) is 18.2. The number of phosphoric ester groups is 1. The lowest BCUT2D eigenvalue weighted by Gasteiger charge is -2.31. The van der Waals surface area contributed by atoms with E-state index in [9.17, 15) is 106 Å². The van der Waals surface area contributed by atoms with Crippen LogP contribution in [0, 0.1) is 5.92 Å². The number of benzene rings is 2. The first-order chi connectivity index (χ1) is 53.8. The smallest absolute Gasteiger partial charge is 0.469 e. The van der Waals surface area contributed by atoms with E-state index < -0.39 is 225 Å². The average Bonchev–Trinajstić information content (AvgIpc) is 1.65. The molecule has 42 nitrogen and oxygen atoms in total. The van der Waals surface area contributed by atoms with E-state index in [1.807, 2.05) is 0 Å². The molecule has 3 saturated heterocycles. The molecule has 3 fully saturated rings. The number of aliphatic carboxylic acids is 1. The van der Waals surface area contributed by atoms with Gasteiger partial charge in [-0.1, -0.05) is 68.8 Å². The minimum Gasteiger partial charge on any atom is -0.481 e. The Hall–Kier alpha value is -11.0. The Labute approximate surface area is 662 Å². The number of thiol groups is 1. The lowest BCUT2D eigenvalue weighted by molar-refractivity contribution is -0.143. The van der Waals surface area contributed by atoms with Crippen LogP contribution in [-0.2, 0) is 103 Å². The molecule has 2 aromatic carbocycles. The Morgan fingerprint density at radius 1 is 0.605 bits per heavy atom. The molecule has 0 saturated carbocycles. The number of carbonyl (C=O) groups is 18. The van der Waals surface area contributed by atoms with Gasteiger partial charge >= 0.3 is 19.8 Å². The zero-order valence-electron chi connectivity index (χ0n) is 62.7. The highest BCUT2D eigenvalue weighted by atomic mass is 32.2. The van der Waals surface area contributed by atoms with Crippen molar-refractivity contribution in [2.45, 2.75) is 189 Å². The predicted molar refractivity (Wildman–Crippen MR) is 408 cm³/mol. The van der Waals surface area contributed by atoms with Crippen molar-refractivity contribution in [3.63, 3.8) is 0 Å². The van der Waals surface area contributed by atoms with Crippen LogP contribution in [0.1, 0.15) is 103 Å². The Balaban J connectivity index is 1.06. The molecule has 0 unspecified atom stereocenters. The maximum Gasteiger partial charge on any atom is 0.469 e. The molecule has 24 N–H and O–H groups in total. The quantitative estimate of drug-likeness (QED) is 0.0108. The Morgan fingerprint density at radius 3 is 1.77 bits per heavy atom. The van der Waals surface area contributed by atoms with Crippen LogP contribution in [0.15, 0.2) is 60.8 Å². The molecule has 14 atom stereocenters. The van der Waals surface area contributed by atoms with E-state index in [1.165, 1.54) is 13.8 Å². The van der Waals surface area contributed by atoms with Crippen LogP contribution >= 0.6 is 32.2 Å². The first-order valence-electron chi connectivity index (χ1n) is 36.3. The Kier molecular flexibility index (Phi) is 35.4. The number of likely N-dealkylation sites (tertiary alicyclic amines) is 1. The number of para-hydroxylation sites is 1. The second kappa shape index (κ2) is 43.9. The van der Waals surface area contributed by atoms with E-state index in [0.717, 1.165) is 17.1 Å². The fraction of sp³-hybridized carbons (Fsp3) is 0.536. The van der Waals surface area contributed by atoms with Gasteiger partial charge in [-0.25, -0.2) is 9.36 Å². The molecule has 0 spiro atoms. The summed E-state index contributed by atoms with van der Waals surface area (Å²) in [5.41, 5.74) is 18.2. The van der Waals surface area contributed by atoms with Crippen molar-refractivity contribution < 1.29 is 110 Å². The van der Waals surface area contributed by atoms with Gasteiger partial charge in [-0.3, -0.25) is 86.0 Å². The van der Waals surface area contributed by atoms with Crippen LogP contribution in [-0.4, -0.2) is 253 Å². The van der Waals surface area contributed by atoms with Crippen molar-refractivity contribution in [1.29, 1.82) is 0 Å². The van der Waals surface area contributed by atoms with E-state index in [4.69, 9.17) is 21.7 Å². The number of hydrogen-bond donors (Lipinski definition) is 22. The Morgan fingerprint density at radius 2 is 1.14 bits per heavy atom. The fourth-order valence-electron chi connectivity index (χ4n) is 12.5. The van der Waals surface area contributed by atoms with Gasteiger partial charge in [-0.15, -0.1) is 0 Å². The number of carbonyl (C=O) groups excluding carboxylic acids is 17. The number of nitrogens with one attached hydrogen (secondary N) is 15. The molecule has 0 radical (unpaired) electrons. The SMILES string of the molecule is CC(C)C[C@H](NC(=O)[C@H](Cc1ccccc1)NC(=O)[C@H](C)NC(=O)[C@H](CC(N)=O)NC(=O)[C@H](C)NC(=O)CNC(=O)CNC(=O)CCCC[C@@H]1SC[C@@H]2NC(=O)N[C@@H]21)C(=O)N[C@@H](COP(=O)(O)O)C(=O)N1CCC[C@H]1C(=O)N[C@@H](CC(N)=O)C(=O)N[C@@H](CS)C(=O)N[C@@H](CC(=O)O)C(=O)N[C@@H](Cc1c[nH]c2ccccc12)C(N)=O. The van der Waals surface area contributed by atoms with E-state index in [2.05, 4.69) is 92.0 Å². The number of urea groups is 1. The number of thioether (sulfide) groups is 1. The molecule has 4 heterocycles. The number of primary amides is 3. The predicted octanol–water partition coefficient (Wildman–Crippen LogP) is -6.41. The van der Waals surface area contributed by atoms with Crippen molar-refractivity contribution in [3.05, 3.63) is 71.9 Å². The number of amides is 18. The highest BCUT2D eigenvalue weighted by molar-refractivity contribution is 8.00. The molecule has 114 heavy (non-hydrogen) atoms. The molecule has 0 bridgehead atoms. The van der Waals surface area contributed by atoms with Crippen LogP contribution in [0.4, 0.5) is 4.79 Å². The molecule has 3 aliphatic heterocycles. The second-order valence-corrected chi connectivity index (χ2v) is 30.7. The first kappa shape index (κ1) is 91.9. The number of nitrogens with two attached hydrogens (primary N) is 3. The molecule has 6 rings (SSSR count). The Bertz CT molecular complexity index is 4100. The molecule has 624 valence electrons. The summed E-state index contributed by atoms with van der Waals surface area (Å²) in [4.78, 5) is 262. The second-order valence-electron chi connectivity index (χ2n) is 27.8. The van der Waals surface area contributed by atoms with Gasteiger partial charge in [0.25, 0.3) is 0 Å². The van der Waals surface area contributed by atoms with Gasteiger partial charge in [0.15, 0.2) is 0 Å². The number of nitrogens with zero attached hydrogens (tertiary/aromatic N) is 1. The average molecular weight is 1660 g/mol. The van der Waals surface area contributed by atoms with Crippen LogP contribution in [0.5, 0.6) is 0 Å². The van der Waals surface area contributed by atoms with E-state index in [1.54, 1.807) is 86.4 Å². The van der Waals surface area contributed by atoms with E-state index in [-0.39, 0.29) is 68.4 Å². The molecular weight excluding hydrogens is 1560 g/mol. The molecule has 45 heteroatoms. The highest BCUT2D eigenvalue weighted by Gasteiger charge is 2.44. The highest BCUT2D eigenvalue weighted by Crippen LogP contribution is 2.36. The standard InChI is InChI=1S/C69H98N19O23PS2/c1-33(2)21-41(81-63(101)42(22-36-13-6-5-7-14-36)79-60(98)35(4)77-61(99)43(24-51(70)89)80-59(97)34(3)76-55(93)29-75-54(92)28-74-53(91)19-11-10-18-50-57-48(32-114-50)86-69(107)87-57)62(100)84-46(30-111-112(108,109)110)68(106)88-20-12-17-49(88)67(105)83-44(25-52(71)90)64(102)85-47(31-113)66(104)82-45(26-56(94)95)65(103)78-40(58(72)96)23-37-27-73-39-16-9-8-15-38(37)39/h5-9,13-16,27,33-35,40-50,57,73,113H,10-12,17-26,28-32H2,1-4H3,(H2,70,89)(H2,71,90)(H2,72,96)(H,74,91)(H,75,92)(H,76,93)(H,77,99)(H,78,103)(H,79,98)(H,80,97)(H,81,101)(H,82,104)(H,83,105)(H,84,100)(H,85,102)(H,94,95)(H2,86,87,107)(H2,108,109,110)/t34-,35-,40-,41-,42-,43-,44-,45-,46-,47-,48-,49-,50-,57-/m0/s1. The zero-order chi connectivity index (χ0) is 84.3. The molecular formula is C69H98N19O23PS2. The number of carboxylic acid groups (broad SMARTS) is 1. The number of H-pyrrole nitrogens is 1. The van der Waals surface area contributed by atoms with E-state index in [0.29, 0.717) is 34.9 Å². The minimum absolute atomic E-state index is 0.0271. The largest absolute Gasteiger partial charge is 0.481 e. The number of hydrogen-bond acceptors (Lipinski definition) is 22. The van der Waals surface area contributed by atoms with Crippen LogP contribution < -0.4 is 91.6 Å². The summed E-state index contributed by atoms with van der Waals surface area (Å²) >= 11 is 5.87. The van der Waals surface area contributed by atoms with Gasteiger partial charge in [0, 0.05) is 59.7 Å². The summed E-state index contributed by atoms with van der Waals surface area (Å²) < 4.78 is 16.9. The lowest BCUT2D eigenvalue weighted by atomic mass is 10.0. The molecule has 18 amide bonds. The van der Waals surface area contributed by atoms with Gasteiger partial charge in [0.05, 0.1) is 51.0 Å². The molecule has 3 aliphatic rings. The third kappa shape index (κ3) is 29.5. The third-order valence-corrected chi connectivity index (χ3v) is 20.6. The molecule has 0 aliphatic carbocycles. The summed E-state index contributed by atoms with van der Waals surface area (Å²) in [7, 11) is -5.47. The summed E-state index contributed by atoms with van der Waals surface area (Å²) in [6, 6.07) is -3.67. The van der Waals surface area contributed by atoms with Crippen molar-refractivity contribution in [1.82, 2.24) is 84.3 Å². The van der Waals surface area contributed by atoms with Crippen LogP contribution in [0.25, 0.3) is 10.9 Å². The van der Waals surface area contributed by atoms with Crippen molar-refractivity contribution in [3.8, 4) is 0 Å². The van der Waals surface area contributed by atoms with Gasteiger partial charge in [0.1, 0.15) is 66.5 Å². The summed E-state index contributed by atoms with van der Waals surface area (Å²) in [5, 5.41) is 44.6. The van der Waals surface area contributed by atoms with Crippen LogP contribution in [0.3, 0.4) is 0 Å². The van der Waals surface area contributed by atoms with Crippen molar-refractivity contribution in [2.75, 3.05) is 37.7 Å². The number of carboxylic acids is 1. The van der Waals surface area contributed by atoms with Gasteiger partial charge in [-0.05, 0) is 69.1 Å². The molecule has 1 aromatic heterocycles. The third-order valence-electron chi connectivity index (χ3n) is 18.3. The zero-order valence-corrected chi connectivity index (χ0v) is 65.3. The van der Waals surface area contributed by atoms with Crippen molar-refractivity contribution >= 4 is 150 Å². The number of aromatic nitrogens is 1. The summed E-state index contributed by atoms with van der Waals surface area (Å²) in [6.07, 6.45) is 0.121. The number of rotatable bonds is 46. The number of unbranched alkanes of at least 4 members (excludes halogenated alkanes) is 1. The van der Waals surface area contributed by atoms with Gasteiger partial charge in [0.2, 0.25) is 94.5 Å². The number of fused-ring (bicyclic) bond motifs is 2. The summed E-state index contributed by atoms with van der Waals surface area (Å²) in [5.74, 6) is -18.5. The lowest BCUT2D eigenvalue weighted by Crippen LogP contribution is -2.61. The maximum absolute atomic E-state index is 14.6. The minimum atomic E-state index is -5.47. The number of aromatic amines is 1. The monoisotopic (exact) mass is 1660 g/mol. The van der Waals surface area contributed by atoms with E-state index >= 15 is 0 Å². The number of phosphoric acid groups is 1. The first-order valence-corrected chi connectivity index (χ1v) is 39.5.